The maximum absolute atomic E-state index is 13.7. The maximum Gasteiger partial charge on any atom is 0.310 e. The van der Waals surface area contributed by atoms with Gasteiger partial charge in [0.25, 0.3) is 17.7 Å². The number of benzene rings is 9. The summed E-state index contributed by atoms with van der Waals surface area (Å²) in [5.74, 6) is 1.68. The van der Waals surface area contributed by atoms with Crippen LogP contribution in [-0.4, -0.2) is 199 Å². The van der Waals surface area contributed by atoms with Gasteiger partial charge in [0.1, 0.15) is 11.5 Å². The van der Waals surface area contributed by atoms with E-state index in [0.717, 1.165) is 55.8 Å². The Morgan fingerprint density at radius 2 is 0.602 bits per heavy atom. The molecular weight excluding hydrogens is 1730 g/mol. The van der Waals surface area contributed by atoms with Crippen molar-refractivity contribution in [3.63, 3.8) is 0 Å². The lowest BCUT2D eigenvalue weighted by Crippen LogP contribution is -2.43. The number of cyclic esters (lactones) is 3. The van der Waals surface area contributed by atoms with Crippen LogP contribution in [0.5, 0.6) is 97.7 Å². The van der Waals surface area contributed by atoms with Crippen LogP contribution in [-0.2, 0) is 28.6 Å². The van der Waals surface area contributed by atoms with Gasteiger partial charge >= 0.3 is 17.9 Å². The van der Waals surface area contributed by atoms with Crippen molar-refractivity contribution in [2.45, 2.75) is 35.9 Å². The molecular formula is C95H88N12O26. The van der Waals surface area contributed by atoms with E-state index in [1.807, 2.05) is 133 Å². The Labute approximate surface area is 758 Å². The first-order valence-electron chi connectivity index (χ1n) is 42.1. The molecule has 9 heterocycles. The summed E-state index contributed by atoms with van der Waals surface area (Å²) in [7, 11) is 17.0. The van der Waals surface area contributed by atoms with Gasteiger partial charge in [-0.3, -0.25) is 28.8 Å². The second-order valence-corrected chi connectivity index (χ2v) is 32.0. The summed E-state index contributed by atoms with van der Waals surface area (Å²) in [6, 6.07) is 44.2. The van der Waals surface area contributed by atoms with Crippen LogP contribution in [0.4, 0.5) is 0 Å². The highest BCUT2D eigenvalue weighted by Gasteiger charge is 2.57. The van der Waals surface area contributed by atoms with Crippen molar-refractivity contribution >= 4 is 35.6 Å². The molecule has 9 aliphatic rings. The number of hydrogen-bond donors (Lipinski definition) is 3. The molecule has 0 bridgehead atoms. The Morgan fingerprint density at radius 3 is 0.902 bits per heavy atom. The highest BCUT2D eigenvalue weighted by atomic mass is 16.7. The molecule has 133 heavy (non-hydrogen) atoms. The Balaban J connectivity index is 0.000000129. The van der Waals surface area contributed by atoms with Crippen molar-refractivity contribution in [1.29, 1.82) is 0 Å². The monoisotopic (exact) mass is 1810 g/mol. The number of hydrogen-bond acceptors (Lipinski definition) is 32. The van der Waals surface area contributed by atoms with Crippen molar-refractivity contribution in [2.24, 2.45) is 35.5 Å². The third kappa shape index (κ3) is 15.6. The second kappa shape index (κ2) is 36.0. The van der Waals surface area contributed by atoms with Gasteiger partial charge in [0.05, 0.1) is 170 Å². The molecule has 0 saturated carbocycles. The number of rotatable bonds is 23. The van der Waals surface area contributed by atoms with Gasteiger partial charge in [0.2, 0.25) is 37.6 Å². The van der Waals surface area contributed by atoms with Gasteiger partial charge in [-0.05, 0) is 171 Å². The topological polar surface area (TPSA) is 415 Å². The number of nitrogens with one attached hydrogen (secondary N) is 3. The van der Waals surface area contributed by atoms with E-state index in [0.29, 0.717) is 109 Å². The van der Waals surface area contributed by atoms with Gasteiger partial charge < -0.3 is 111 Å². The lowest BCUT2D eigenvalue weighted by molar-refractivity contribution is -0.142. The van der Waals surface area contributed by atoms with Crippen LogP contribution in [0, 0.1) is 35.5 Å². The predicted octanol–water partition coefficient (Wildman–Crippen LogP) is 10.3. The zero-order valence-corrected chi connectivity index (χ0v) is 73.5. The van der Waals surface area contributed by atoms with E-state index in [9.17, 15) is 28.8 Å². The molecule has 21 rings (SSSR count). The highest BCUT2D eigenvalue weighted by molar-refractivity contribution is 5.94. The second-order valence-electron chi connectivity index (χ2n) is 32.0. The normalized spacial score (nSPS) is 21.1. The molecule has 3 aliphatic carbocycles. The van der Waals surface area contributed by atoms with Crippen molar-refractivity contribution in [3.8, 4) is 115 Å². The van der Waals surface area contributed by atoms with Crippen molar-refractivity contribution in [3.05, 3.63) is 237 Å². The summed E-state index contributed by atoms with van der Waals surface area (Å²) in [5.41, 5.74) is 9.46. The molecule has 12 aromatic rings. The standard InChI is InChI=1S/2C32H30N4O9.C31H28N4O8/c1-39-18-7-5-17(6-8-18)36-13-22(34-35-36)31(37)33-29-20-12-24-23(44-15-45-24)11-19(20)27(28-21(29)14-43-32(28)38)16-9-25(40-2)30(42-4)26(10-16)41-3;1-39-18-7-5-6-17(10-18)36-13-22(34-35-36)31(37)33-29-20-12-24-23(44-15-45-24)11-19(20)27(28-21(29)14-43-32(28)38)16-8-25(40-2)30(42-4)26(9-16)41-3;1-38-24-9-16(10-25(39-2)29(24)40-3)26-18-11-22-23(43-15-42-22)12-19(18)28(20-14-41-31(37)27(20)26)32-30(36)21-13-35(34-33-21)17-7-5-4-6-8-17/h2*5-13,21,27-29H,14-15H2,1-4H3,(H,33,37);4-13,20,26-28H,14-15H2,1-3H3,(H,32,36)/t2*21-,27+,28-,29+;20-,26+,27-,28+/m000/s1. The van der Waals surface area contributed by atoms with Gasteiger partial charge in [-0.1, -0.05) is 39.9 Å². The Morgan fingerprint density at radius 1 is 0.308 bits per heavy atom. The van der Waals surface area contributed by atoms with Crippen LogP contribution >= 0.6 is 0 Å². The number of carbonyl (C=O) groups excluding carboxylic acids is 6. The molecule has 3 fully saturated rings. The lowest BCUT2D eigenvalue weighted by Gasteiger charge is -2.39. The average Bonchev–Trinajstić information content (AvgIpc) is 1.68. The largest absolute Gasteiger partial charge is 0.497 e. The summed E-state index contributed by atoms with van der Waals surface area (Å²) >= 11 is 0. The fourth-order valence-electron chi connectivity index (χ4n) is 19.3. The van der Waals surface area contributed by atoms with Gasteiger partial charge in [-0.15, -0.1) is 15.3 Å². The van der Waals surface area contributed by atoms with Crippen LogP contribution in [0.3, 0.4) is 0 Å². The molecule has 38 heteroatoms. The first-order valence-corrected chi connectivity index (χ1v) is 42.1. The molecule has 3 saturated heterocycles. The molecule has 3 N–H and O–H groups in total. The van der Waals surface area contributed by atoms with E-state index in [1.165, 1.54) is 63.8 Å². The molecule has 0 radical (unpaired) electrons. The third-order valence-electron chi connectivity index (χ3n) is 25.4. The van der Waals surface area contributed by atoms with Crippen molar-refractivity contribution < 1.29 is 124 Å². The van der Waals surface area contributed by atoms with E-state index in [-0.39, 0.29) is 75.2 Å². The SMILES string of the molecule is COc1cc([C@@H]2c3cc4c(cc3[C@@H](NC(=O)c3cn(-c5ccccc5)nn3)[C@H]3COC(=O)[C@H]23)OCO4)cc(OC)c1OC.COc1ccc(-n2cc(C(=O)N[C@@H]3c4cc5c(cc4[C@@H](c4cc(OC)c(OC)c(OC)c4)[C@H]4C(=O)OC[C@@H]43)OCO5)nn2)cc1.COc1cccc(-n2cc(C(=O)N[C@@H]3c4cc5c(cc4[C@@H](c4cc(OC)c(OC)c(OC)c4)[C@H]4C(=O)OC[C@@H]43)OCO5)nn2)c1. The van der Waals surface area contributed by atoms with Crippen LogP contribution in [0.15, 0.2) is 170 Å². The number of fused-ring (bicyclic) bond motifs is 9. The van der Waals surface area contributed by atoms with E-state index >= 15 is 0 Å². The van der Waals surface area contributed by atoms with Crippen molar-refractivity contribution in [1.82, 2.24) is 60.9 Å². The molecule has 9 aromatic carbocycles. The van der Waals surface area contributed by atoms with Crippen LogP contribution < -0.4 is 96.5 Å². The summed E-state index contributed by atoms with van der Waals surface area (Å²) in [5, 5.41) is 34.1. The fourth-order valence-corrected chi connectivity index (χ4v) is 19.3. The van der Waals surface area contributed by atoms with Gasteiger partial charge in [0, 0.05) is 41.6 Å². The molecule has 3 amide bonds. The number of amides is 3. The summed E-state index contributed by atoms with van der Waals surface area (Å²) < 4.78 is 117. The summed E-state index contributed by atoms with van der Waals surface area (Å²) in [6.07, 6.45) is 4.66. The zero-order chi connectivity index (χ0) is 92.1. The lowest BCUT2D eigenvalue weighted by atomic mass is 9.65. The minimum Gasteiger partial charge on any atom is -0.497 e. The van der Waals surface area contributed by atoms with Crippen LogP contribution in [0.2, 0.25) is 0 Å². The number of nitrogens with zero attached hydrogens (tertiary/aromatic N) is 9. The maximum atomic E-state index is 13.7. The van der Waals surface area contributed by atoms with E-state index in [1.54, 1.807) is 65.2 Å². The Kier molecular flexibility index (Phi) is 23.4. The van der Waals surface area contributed by atoms with Crippen LogP contribution in [0.25, 0.3) is 17.1 Å². The first kappa shape index (κ1) is 86.2. The van der Waals surface area contributed by atoms with Crippen molar-refractivity contribution in [2.75, 3.05) is 118 Å². The first-order chi connectivity index (χ1) is 64.9. The Bertz CT molecular complexity index is 6470. The summed E-state index contributed by atoms with van der Waals surface area (Å²) in [6.45, 7) is 0.545. The zero-order valence-electron chi connectivity index (χ0n) is 73.5. The van der Waals surface area contributed by atoms with Gasteiger partial charge in [-0.2, -0.15) is 0 Å². The van der Waals surface area contributed by atoms with Gasteiger partial charge in [0.15, 0.2) is 86.1 Å². The average molecular weight is 1810 g/mol. The molecule has 38 nitrogen and oxygen atoms in total. The molecule has 6 aliphatic heterocycles. The smallest absolute Gasteiger partial charge is 0.310 e. The molecule has 12 atom stereocenters. The third-order valence-corrected chi connectivity index (χ3v) is 25.4. The van der Waals surface area contributed by atoms with E-state index in [2.05, 4.69) is 46.9 Å². The Hall–Kier alpha value is -16.2. The van der Waals surface area contributed by atoms with Gasteiger partial charge in [-0.25, -0.2) is 14.0 Å². The number of aromatic nitrogens is 9. The molecule has 684 valence electrons. The number of methoxy groups -OCH3 is 11. The number of esters is 3. The van der Waals surface area contributed by atoms with Crippen LogP contribution in [0.1, 0.15) is 117 Å². The molecule has 0 spiro atoms. The van der Waals surface area contributed by atoms with E-state index in [4.69, 9.17) is 94.7 Å². The number of carbonyl (C=O) groups is 6. The predicted molar refractivity (Wildman–Crippen MR) is 463 cm³/mol. The minimum atomic E-state index is -0.640. The summed E-state index contributed by atoms with van der Waals surface area (Å²) in [4.78, 5) is 81.3. The van der Waals surface area contributed by atoms with E-state index < -0.39 is 89.1 Å². The fraction of sp³-hybridized carbons (Fsp3) is 0.305. The minimum absolute atomic E-state index is 0.0619. The highest BCUT2D eigenvalue weighted by Crippen LogP contribution is 2.60. The molecule has 0 unspecified atom stereocenters. The molecule has 3 aromatic heterocycles. The number of para-hydroxylation sites is 1. The number of ether oxygens (including phenoxy) is 20. The quantitative estimate of drug-likeness (QED) is 0.0395.